The van der Waals surface area contributed by atoms with E-state index in [2.05, 4.69) is 36.3 Å². The second-order valence-corrected chi connectivity index (χ2v) is 10.2. The van der Waals surface area contributed by atoms with Gasteiger partial charge in [0.2, 0.25) is 5.91 Å². The zero-order valence-electron chi connectivity index (χ0n) is 18.2. The maximum absolute atomic E-state index is 12.2. The Balaban J connectivity index is 1.64. The highest BCUT2D eigenvalue weighted by atomic mass is 32.2. The Hall–Kier alpha value is -2.20. The highest BCUT2D eigenvalue weighted by Crippen LogP contribution is 2.40. The second-order valence-electron chi connectivity index (χ2n) is 8.17. The van der Waals surface area contributed by atoms with E-state index < -0.39 is 5.97 Å². The van der Waals surface area contributed by atoms with E-state index in [0.29, 0.717) is 17.7 Å². The van der Waals surface area contributed by atoms with Crippen LogP contribution in [0.2, 0.25) is 0 Å². The van der Waals surface area contributed by atoms with Gasteiger partial charge in [-0.2, -0.15) is 0 Å². The first-order chi connectivity index (χ1) is 14.9. The van der Waals surface area contributed by atoms with Crippen molar-refractivity contribution in [3.63, 3.8) is 0 Å². The van der Waals surface area contributed by atoms with Gasteiger partial charge in [-0.25, -0.2) is 4.98 Å². The monoisotopic (exact) mass is 461 g/mol. The zero-order valence-corrected chi connectivity index (χ0v) is 19.9. The van der Waals surface area contributed by atoms with Crippen LogP contribution in [-0.2, 0) is 27.2 Å². The van der Waals surface area contributed by atoms with Crippen LogP contribution in [0.4, 0.5) is 0 Å². The molecule has 0 spiro atoms. The first-order valence-corrected chi connectivity index (χ1v) is 12.4. The van der Waals surface area contributed by atoms with Crippen molar-refractivity contribution in [2.24, 2.45) is 5.92 Å². The van der Waals surface area contributed by atoms with Crippen molar-refractivity contribution in [1.29, 1.82) is 0 Å². The molecule has 1 aliphatic rings. The largest absolute Gasteiger partial charge is 0.465 e. The van der Waals surface area contributed by atoms with Crippen LogP contribution in [-0.4, -0.2) is 50.4 Å². The molecular formula is C21H27N5O3S2. The average molecular weight is 462 g/mol. The third-order valence-corrected chi connectivity index (χ3v) is 7.46. The molecule has 1 aliphatic carbocycles. The molecule has 0 bridgehead atoms. The quantitative estimate of drug-likeness (QED) is 0.425. The Morgan fingerprint density at radius 1 is 1.35 bits per heavy atom. The Morgan fingerprint density at radius 3 is 2.90 bits per heavy atom. The minimum atomic E-state index is -0.445. The van der Waals surface area contributed by atoms with Crippen molar-refractivity contribution >= 4 is 50.8 Å². The van der Waals surface area contributed by atoms with Crippen LogP contribution in [0.3, 0.4) is 0 Å². The topological polar surface area (TPSA) is 98.5 Å². The van der Waals surface area contributed by atoms with Gasteiger partial charge in [0.25, 0.3) is 0 Å². The number of nitrogens with zero attached hydrogens (tertiary/aromatic N) is 4. The van der Waals surface area contributed by atoms with Crippen molar-refractivity contribution < 1.29 is 14.3 Å². The standard InChI is InChI=1S/C21H27N5O3S2/c1-5-29-16(28)9-22-15(27)10-30-21-25-24-19-17-13-7-6-12(4)8-14(13)31-20(17)23-18(11(2)3)26(19)21/h11-12H,5-10H2,1-4H3,(H,22,27)/t12-/m1/s1. The molecular weight excluding hydrogens is 434 g/mol. The third kappa shape index (κ3) is 4.41. The Labute approximate surface area is 189 Å². The summed E-state index contributed by atoms with van der Waals surface area (Å²) in [5.74, 6) is 1.20. The Kier molecular flexibility index (Phi) is 6.47. The zero-order chi connectivity index (χ0) is 22.1. The molecule has 0 saturated heterocycles. The Bertz CT molecular complexity index is 1140. The predicted molar refractivity (Wildman–Crippen MR) is 122 cm³/mol. The third-order valence-electron chi connectivity index (χ3n) is 5.38. The molecule has 8 nitrogen and oxygen atoms in total. The summed E-state index contributed by atoms with van der Waals surface area (Å²) in [6.07, 6.45) is 3.31. The molecule has 0 aromatic carbocycles. The van der Waals surface area contributed by atoms with E-state index in [9.17, 15) is 9.59 Å². The maximum atomic E-state index is 12.2. The SMILES string of the molecule is CCOC(=O)CNC(=O)CSc1nnc2c3c4c(sc3nc(C(C)C)n12)C[C@H](C)CC4. The van der Waals surface area contributed by atoms with Gasteiger partial charge in [0.15, 0.2) is 10.8 Å². The number of hydrogen-bond acceptors (Lipinski definition) is 8. The summed E-state index contributed by atoms with van der Waals surface area (Å²) >= 11 is 3.08. The van der Waals surface area contributed by atoms with Crippen molar-refractivity contribution in [2.45, 2.75) is 58.0 Å². The van der Waals surface area contributed by atoms with Gasteiger partial charge in [-0.15, -0.1) is 21.5 Å². The fraction of sp³-hybridized carbons (Fsp3) is 0.571. The van der Waals surface area contributed by atoms with Crippen molar-refractivity contribution in [3.8, 4) is 0 Å². The number of carbonyl (C=O) groups is 2. The van der Waals surface area contributed by atoms with Crippen LogP contribution < -0.4 is 5.32 Å². The van der Waals surface area contributed by atoms with E-state index in [0.717, 1.165) is 34.5 Å². The van der Waals surface area contributed by atoms with Crippen molar-refractivity contribution in [3.05, 3.63) is 16.3 Å². The fourth-order valence-corrected chi connectivity index (χ4v) is 6.04. The van der Waals surface area contributed by atoms with Gasteiger partial charge in [0.1, 0.15) is 17.2 Å². The summed E-state index contributed by atoms with van der Waals surface area (Å²) in [4.78, 5) is 31.1. The lowest BCUT2D eigenvalue weighted by atomic mass is 9.89. The molecule has 4 rings (SSSR count). The number of fused-ring (bicyclic) bond motifs is 5. The van der Waals surface area contributed by atoms with Gasteiger partial charge < -0.3 is 10.1 Å². The summed E-state index contributed by atoms with van der Waals surface area (Å²) in [7, 11) is 0. The number of amides is 1. The highest BCUT2D eigenvalue weighted by molar-refractivity contribution is 7.99. The van der Waals surface area contributed by atoms with E-state index in [1.54, 1.807) is 18.3 Å². The maximum Gasteiger partial charge on any atom is 0.325 e. The summed E-state index contributed by atoms with van der Waals surface area (Å²) < 4.78 is 6.83. The molecule has 31 heavy (non-hydrogen) atoms. The van der Waals surface area contributed by atoms with Gasteiger partial charge in [0.05, 0.1) is 17.7 Å². The predicted octanol–water partition coefficient (Wildman–Crippen LogP) is 3.36. The molecule has 0 unspecified atom stereocenters. The average Bonchev–Trinajstić information content (AvgIpc) is 3.30. The second kappa shape index (κ2) is 9.12. The van der Waals surface area contributed by atoms with Crippen molar-refractivity contribution in [1.82, 2.24) is 24.9 Å². The molecule has 3 heterocycles. The summed E-state index contributed by atoms with van der Waals surface area (Å²) in [5.41, 5.74) is 2.19. The van der Waals surface area contributed by atoms with Crippen LogP contribution in [0.5, 0.6) is 0 Å². The van der Waals surface area contributed by atoms with E-state index in [1.807, 2.05) is 4.40 Å². The number of thioether (sulfide) groups is 1. The fourth-order valence-electron chi connectivity index (χ4n) is 3.88. The lowest BCUT2D eigenvalue weighted by molar-refractivity contribution is -0.143. The molecule has 0 radical (unpaired) electrons. The smallest absolute Gasteiger partial charge is 0.325 e. The lowest BCUT2D eigenvalue weighted by Gasteiger charge is -2.17. The van der Waals surface area contributed by atoms with Crippen molar-refractivity contribution in [2.75, 3.05) is 18.9 Å². The molecule has 166 valence electrons. The van der Waals surface area contributed by atoms with E-state index in [1.165, 1.54) is 28.6 Å². The van der Waals surface area contributed by atoms with Gasteiger partial charge in [-0.05, 0) is 37.7 Å². The molecule has 0 aliphatic heterocycles. The van der Waals surface area contributed by atoms with E-state index in [4.69, 9.17) is 9.72 Å². The number of nitrogens with one attached hydrogen (secondary N) is 1. The van der Waals surface area contributed by atoms with Gasteiger partial charge in [-0.3, -0.25) is 14.0 Å². The number of esters is 1. The number of ether oxygens (including phenoxy) is 1. The first kappa shape index (κ1) is 22.0. The molecule has 3 aromatic heterocycles. The number of aromatic nitrogens is 4. The van der Waals surface area contributed by atoms with Gasteiger partial charge in [0, 0.05) is 10.8 Å². The van der Waals surface area contributed by atoms with Crippen LogP contribution in [0.15, 0.2) is 5.16 Å². The van der Waals surface area contributed by atoms with Gasteiger partial charge >= 0.3 is 5.97 Å². The number of aryl methyl sites for hydroxylation is 1. The summed E-state index contributed by atoms with van der Waals surface area (Å²) in [6.45, 7) is 8.39. The van der Waals surface area contributed by atoms with Crippen LogP contribution in [0.25, 0.3) is 15.9 Å². The van der Waals surface area contributed by atoms with Crippen LogP contribution in [0, 0.1) is 5.92 Å². The van der Waals surface area contributed by atoms with E-state index in [-0.39, 0.29) is 24.1 Å². The number of rotatable bonds is 7. The van der Waals surface area contributed by atoms with Gasteiger partial charge in [-0.1, -0.05) is 32.5 Å². The Morgan fingerprint density at radius 2 is 2.16 bits per heavy atom. The van der Waals surface area contributed by atoms with E-state index >= 15 is 0 Å². The summed E-state index contributed by atoms with van der Waals surface area (Å²) in [6, 6.07) is 0. The molecule has 10 heteroatoms. The molecule has 1 N–H and O–H groups in total. The first-order valence-electron chi connectivity index (χ1n) is 10.6. The number of hydrogen-bond donors (Lipinski definition) is 1. The minimum absolute atomic E-state index is 0.132. The normalized spacial score (nSPS) is 16.1. The van der Waals surface area contributed by atoms with Crippen LogP contribution >= 0.6 is 23.1 Å². The molecule has 3 aromatic rings. The molecule has 0 fully saturated rings. The number of thiophene rings is 1. The minimum Gasteiger partial charge on any atom is -0.465 e. The number of carbonyl (C=O) groups excluding carboxylic acids is 2. The lowest BCUT2D eigenvalue weighted by Crippen LogP contribution is -2.31. The van der Waals surface area contributed by atoms with Crippen LogP contribution in [0.1, 0.15) is 56.3 Å². The summed E-state index contributed by atoms with van der Waals surface area (Å²) in [5, 5.41) is 13.3. The molecule has 1 atom stereocenters. The molecule has 1 amide bonds. The highest BCUT2D eigenvalue weighted by Gasteiger charge is 2.26. The molecule has 0 saturated carbocycles.